The molecule has 2 unspecified atom stereocenters. The average Bonchev–Trinajstić information content (AvgIpc) is 2.10. The van der Waals surface area contributed by atoms with E-state index in [1.807, 2.05) is 0 Å². The van der Waals surface area contributed by atoms with Crippen LogP contribution in [0, 0.1) is 5.92 Å². The minimum Gasteiger partial charge on any atom is -0.481 e. The van der Waals surface area contributed by atoms with E-state index >= 15 is 0 Å². The van der Waals surface area contributed by atoms with Crippen molar-refractivity contribution in [1.29, 1.82) is 0 Å². The molecular formula is C11H22O3. The zero-order valence-corrected chi connectivity index (χ0v) is 9.20. The first-order valence-electron chi connectivity index (χ1n) is 5.46. The van der Waals surface area contributed by atoms with Gasteiger partial charge in [0.05, 0.1) is 12.5 Å². The Morgan fingerprint density at radius 2 is 1.86 bits per heavy atom. The van der Waals surface area contributed by atoms with Gasteiger partial charge < -0.3 is 10.2 Å². The molecule has 2 N–H and O–H groups in total. The van der Waals surface area contributed by atoms with Crippen molar-refractivity contribution < 1.29 is 15.0 Å². The van der Waals surface area contributed by atoms with Crippen molar-refractivity contribution in [2.24, 2.45) is 5.92 Å². The number of hydrogen-bond donors (Lipinski definition) is 2. The molecule has 0 aliphatic rings. The van der Waals surface area contributed by atoms with Crippen LogP contribution >= 0.6 is 0 Å². The molecule has 0 aliphatic carbocycles. The molecule has 0 heterocycles. The number of carboxylic acids is 1. The van der Waals surface area contributed by atoms with Crippen molar-refractivity contribution in [3.8, 4) is 0 Å². The lowest BCUT2D eigenvalue weighted by Crippen LogP contribution is -2.12. The number of aliphatic hydroxyl groups is 1. The van der Waals surface area contributed by atoms with E-state index < -0.39 is 12.1 Å². The van der Waals surface area contributed by atoms with E-state index in [0.29, 0.717) is 6.42 Å². The molecule has 84 valence electrons. The molecule has 0 saturated heterocycles. The Kier molecular flexibility index (Phi) is 7.48. The Morgan fingerprint density at radius 1 is 1.29 bits per heavy atom. The predicted molar refractivity (Wildman–Crippen MR) is 56.2 cm³/mol. The minimum absolute atomic E-state index is 0.122. The zero-order chi connectivity index (χ0) is 11.0. The lowest BCUT2D eigenvalue weighted by Gasteiger charge is -2.09. The second-order valence-corrected chi connectivity index (χ2v) is 4.05. The van der Waals surface area contributed by atoms with Gasteiger partial charge in [-0.3, -0.25) is 4.79 Å². The first-order valence-corrected chi connectivity index (χ1v) is 5.46. The summed E-state index contributed by atoms with van der Waals surface area (Å²) in [5.41, 5.74) is 0. The number of carbonyl (C=O) groups is 1. The summed E-state index contributed by atoms with van der Waals surface area (Å²) in [5.74, 6) is -0.175. The second-order valence-electron chi connectivity index (χ2n) is 4.05. The Hall–Kier alpha value is -0.570. The van der Waals surface area contributed by atoms with E-state index in [0.717, 1.165) is 18.8 Å². The number of aliphatic hydroxyl groups excluding tert-OH is 1. The van der Waals surface area contributed by atoms with E-state index in [9.17, 15) is 9.90 Å². The third-order valence-electron chi connectivity index (χ3n) is 2.59. The molecule has 0 spiro atoms. The van der Waals surface area contributed by atoms with Crippen LogP contribution in [0.2, 0.25) is 0 Å². The smallest absolute Gasteiger partial charge is 0.305 e. The van der Waals surface area contributed by atoms with Crippen LogP contribution < -0.4 is 0 Å². The molecule has 3 nitrogen and oxygen atoms in total. The van der Waals surface area contributed by atoms with Gasteiger partial charge in [0.25, 0.3) is 0 Å². The van der Waals surface area contributed by atoms with Gasteiger partial charge in [0.15, 0.2) is 0 Å². The summed E-state index contributed by atoms with van der Waals surface area (Å²) in [6.07, 6.45) is 4.22. The van der Waals surface area contributed by atoms with Crippen molar-refractivity contribution >= 4 is 5.97 Å². The Labute approximate surface area is 86.1 Å². The molecule has 0 saturated carbocycles. The second kappa shape index (κ2) is 7.80. The van der Waals surface area contributed by atoms with Crippen LogP contribution in [0.3, 0.4) is 0 Å². The fourth-order valence-corrected chi connectivity index (χ4v) is 1.38. The molecule has 0 fully saturated rings. The molecule has 0 amide bonds. The van der Waals surface area contributed by atoms with E-state index in [-0.39, 0.29) is 6.42 Å². The molecule has 3 heteroatoms. The van der Waals surface area contributed by atoms with Crippen molar-refractivity contribution in [3.63, 3.8) is 0 Å². The van der Waals surface area contributed by atoms with Gasteiger partial charge in [0.2, 0.25) is 0 Å². The molecule has 2 atom stereocenters. The van der Waals surface area contributed by atoms with Gasteiger partial charge in [-0.15, -0.1) is 0 Å². The highest BCUT2D eigenvalue weighted by atomic mass is 16.4. The lowest BCUT2D eigenvalue weighted by atomic mass is 9.99. The molecule has 0 rings (SSSR count). The summed E-state index contributed by atoms with van der Waals surface area (Å²) in [6.45, 7) is 4.39. The molecule has 0 aromatic rings. The first kappa shape index (κ1) is 13.4. The molecular weight excluding hydrogens is 180 g/mol. The Morgan fingerprint density at radius 3 is 2.36 bits per heavy atom. The Bertz CT molecular complexity index is 157. The van der Waals surface area contributed by atoms with Gasteiger partial charge in [-0.25, -0.2) is 0 Å². The van der Waals surface area contributed by atoms with Gasteiger partial charge >= 0.3 is 5.97 Å². The molecule has 0 radical (unpaired) electrons. The van der Waals surface area contributed by atoms with Crippen LogP contribution in [0.4, 0.5) is 0 Å². The van der Waals surface area contributed by atoms with Crippen LogP contribution in [-0.4, -0.2) is 22.3 Å². The highest BCUT2D eigenvalue weighted by Gasteiger charge is 2.08. The zero-order valence-electron chi connectivity index (χ0n) is 9.20. The monoisotopic (exact) mass is 202 g/mol. The van der Waals surface area contributed by atoms with Gasteiger partial charge in [0, 0.05) is 0 Å². The molecule has 0 aromatic heterocycles. The summed E-state index contributed by atoms with van der Waals surface area (Å²) in [6, 6.07) is 0. The van der Waals surface area contributed by atoms with E-state index in [2.05, 4.69) is 13.8 Å². The van der Waals surface area contributed by atoms with Crippen LogP contribution in [-0.2, 0) is 4.79 Å². The fourth-order valence-electron chi connectivity index (χ4n) is 1.38. The predicted octanol–water partition coefficient (Wildman–Crippen LogP) is 2.43. The maximum atomic E-state index is 10.2. The van der Waals surface area contributed by atoms with Crippen molar-refractivity contribution in [1.82, 2.24) is 0 Å². The summed E-state index contributed by atoms with van der Waals surface area (Å²) in [4.78, 5) is 10.2. The highest BCUT2D eigenvalue weighted by molar-refractivity contribution is 5.67. The number of carboxylic acid groups (broad SMARTS) is 1. The van der Waals surface area contributed by atoms with Crippen molar-refractivity contribution in [3.05, 3.63) is 0 Å². The number of unbranched alkanes of at least 4 members (excludes halogenated alkanes) is 1. The van der Waals surface area contributed by atoms with Gasteiger partial charge in [0.1, 0.15) is 0 Å². The summed E-state index contributed by atoms with van der Waals surface area (Å²) in [5, 5.41) is 17.7. The van der Waals surface area contributed by atoms with E-state index in [4.69, 9.17) is 5.11 Å². The quantitative estimate of drug-likeness (QED) is 0.594. The SMILES string of the molecule is CCC(C)CCCCC(O)CC(=O)O. The molecule has 0 aromatic carbocycles. The van der Waals surface area contributed by atoms with Crippen molar-refractivity contribution in [2.45, 2.75) is 58.5 Å². The first-order chi connectivity index (χ1) is 6.56. The highest BCUT2D eigenvalue weighted by Crippen LogP contribution is 2.13. The van der Waals surface area contributed by atoms with Crippen LogP contribution in [0.15, 0.2) is 0 Å². The maximum Gasteiger partial charge on any atom is 0.305 e. The summed E-state index contributed by atoms with van der Waals surface area (Å²) in [7, 11) is 0. The van der Waals surface area contributed by atoms with E-state index in [1.165, 1.54) is 12.8 Å². The fraction of sp³-hybridized carbons (Fsp3) is 0.909. The standard InChI is InChI=1S/C11H22O3/c1-3-9(2)6-4-5-7-10(12)8-11(13)14/h9-10,12H,3-8H2,1-2H3,(H,13,14). The average molecular weight is 202 g/mol. The van der Waals surface area contributed by atoms with Gasteiger partial charge in [-0.05, 0) is 12.3 Å². The van der Waals surface area contributed by atoms with Crippen LogP contribution in [0.25, 0.3) is 0 Å². The molecule has 0 bridgehead atoms. The maximum absolute atomic E-state index is 10.2. The number of hydrogen-bond acceptors (Lipinski definition) is 2. The summed E-state index contributed by atoms with van der Waals surface area (Å²) < 4.78 is 0. The van der Waals surface area contributed by atoms with Crippen LogP contribution in [0.5, 0.6) is 0 Å². The summed E-state index contributed by atoms with van der Waals surface area (Å²) >= 11 is 0. The third-order valence-corrected chi connectivity index (χ3v) is 2.59. The normalized spacial score (nSPS) is 15.1. The van der Waals surface area contributed by atoms with Gasteiger partial charge in [-0.2, -0.15) is 0 Å². The van der Waals surface area contributed by atoms with Crippen molar-refractivity contribution in [2.75, 3.05) is 0 Å². The third kappa shape index (κ3) is 8.05. The Balaban J connectivity index is 3.31. The van der Waals surface area contributed by atoms with E-state index in [1.54, 1.807) is 0 Å². The van der Waals surface area contributed by atoms with Gasteiger partial charge in [-0.1, -0.05) is 39.5 Å². The molecule has 14 heavy (non-hydrogen) atoms. The largest absolute Gasteiger partial charge is 0.481 e. The van der Waals surface area contributed by atoms with Crippen LogP contribution in [0.1, 0.15) is 52.4 Å². The minimum atomic E-state index is -0.917. The number of aliphatic carboxylic acids is 1. The molecule has 0 aliphatic heterocycles. The number of rotatable bonds is 8. The topological polar surface area (TPSA) is 57.5 Å². The lowest BCUT2D eigenvalue weighted by molar-refractivity contribution is -0.139.